The lowest BCUT2D eigenvalue weighted by Crippen LogP contribution is -2.36. The molecule has 1 aromatic carbocycles. The summed E-state index contributed by atoms with van der Waals surface area (Å²) in [7, 11) is 1.61. The maximum atomic E-state index is 8.15. The number of hydrogen-bond donors (Lipinski definition) is 0. The maximum Gasteiger partial charge on any atom is 0.106 e. The van der Waals surface area contributed by atoms with Gasteiger partial charge in [-0.15, -0.1) is 11.8 Å². The molecule has 21 heavy (non-hydrogen) atoms. The quantitative estimate of drug-likeness (QED) is 0.575. The van der Waals surface area contributed by atoms with Gasteiger partial charge < -0.3 is 9.74 Å². The van der Waals surface area contributed by atoms with Gasteiger partial charge in [0.15, 0.2) is 0 Å². The molecule has 115 valence electrons. The monoisotopic (exact) mass is 306 g/mol. The first-order chi connectivity index (χ1) is 10.3. The van der Waals surface area contributed by atoms with E-state index in [-0.39, 0.29) is 6.04 Å². The second-order valence-electron chi connectivity index (χ2n) is 5.29. The summed E-state index contributed by atoms with van der Waals surface area (Å²) in [5.74, 6) is 0.869. The molecule has 1 aliphatic heterocycles. The van der Waals surface area contributed by atoms with Crippen molar-refractivity contribution in [2.45, 2.75) is 30.2 Å². The van der Waals surface area contributed by atoms with E-state index in [0.29, 0.717) is 0 Å². The molecule has 4 nitrogen and oxygen atoms in total. The lowest BCUT2D eigenvalue weighted by atomic mass is 10.1. The molecule has 1 fully saturated rings. The van der Waals surface area contributed by atoms with E-state index < -0.39 is 0 Å². The van der Waals surface area contributed by atoms with Crippen molar-refractivity contribution in [2.24, 2.45) is 5.16 Å². The highest BCUT2D eigenvalue weighted by molar-refractivity contribution is 7.99. The number of thioether (sulfide) groups is 1. The number of rotatable bonds is 7. The molecule has 1 atom stereocenters. The summed E-state index contributed by atoms with van der Waals surface area (Å²) in [5.41, 5.74) is 9.32. The maximum absolute atomic E-state index is 8.15. The van der Waals surface area contributed by atoms with E-state index in [1.54, 1.807) is 18.9 Å². The van der Waals surface area contributed by atoms with Crippen LogP contribution in [0, 0.1) is 0 Å². The van der Waals surface area contributed by atoms with Crippen molar-refractivity contribution in [2.75, 3.05) is 32.5 Å². The predicted molar refractivity (Wildman–Crippen MR) is 88.8 cm³/mol. The third-order valence-corrected chi connectivity index (χ3v) is 4.82. The number of likely N-dealkylation sites (tertiary alicyclic amines) is 1. The Bertz CT molecular complexity index is 428. The number of benzene rings is 1. The van der Waals surface area contributed by atoms with Crippen molar-refractivity contribution in [1.82, 2.24) is 10.6 Å². The number of nitrogens with one attached hydrogen (secondary N) is 1. The Hall–Kier alpha value is -1.04. The molecule has 2 rings (SSSR count). The van der Waals surface area contributed by atoms with Gasteiger partial charge in [0.1, 0.15) is 7.11 Å². The predicted octanol–water partition coefficient (Wildman–Crippen LogP) is 2.92. The molecule has 0 amide bonds. The molecule has 1 aliphatic rings. The van der Waals surface area contributed by atoms with Crippen LogP contribution in [0.2, 0.25) is 0 Å². The molecule has 0 saturated carbocycles. The highest BCUT2D eigenvalue weighted by Crippen LogP contribution is 2.19. The molecule has 0 aliphatic carbocycles. The highest BCUT2D eigenvalue weighted by Gasteiger charge is 2.16. The van der Waals surface area contributed by atoms with Crippen LogP contribution in [0.15, 0.2) is 40.4 Å². The Balaban J connectivity index is 1.61. The van der Waals surface area contributed by atoms with E-state index in [4.69, 9.17) is 10.6 Å². The first-order valence-electron chi connectivity index (χ1n) is 7.48. The fourth-order valence-electron chi connectivity index (χ4n) is 2.39. The normalized spacial score (nSPS) is 17.5. The zero-order chi connectivity index (χ0) is 14.9. The third kappa shape index (κ3) is 6.08. The molecule has 1 aromatic rings. The number of piperidine rings is 1. The van der Waals surface area contributed by atoms with Gasteiger partial charge in [-0.05, 0) is 25.1 Å². The standard InChI is InChI=1S/C16H24N3OS/c1-20-18-15-8-11-19(12-9-15)10-7-14(17)13-21-16-5-3-2-4-6-16/h2-6,14,17H,7-13H2,1H3/t14-/m1/s1. The summed E-state index contributed by atoms with van der Waals surface area (Å²) in [6, 6.07) is 10.4. The van der Waals surface area contributed by atoms with Crippen LogP contribution in [0.1, 0.15) is 19.3 Å². The van der Waals surface area contributed by atoms with Crippen molar-refractivity contribution < 1.29 is 4.84 Å². The van der Waals surface area contributed by atoms with Gasteiger partial charge in [-0.1, -0.05) is 23.4 Å². The lowest BCUT2D eigenvalue weighted by molar-refractivity contribution is 0.204. The SMILES string of the molecule is CON=C1CCN(CC[C@@H]([NH])CSc2ccccc2)CC1. The smallest absolute Gasteiger partial charge is 0.106 e. The molecule has 5 heteroatoms. The first kappa shape index (κ1) is 16.3. The van der Waals surface area contributed by atoms with Gasteiger partial charge in [-0.2, -0.15) is 0 Å². The van der Waals surface area contributed by atoms with Crippen LogP contribution in [0.25, 0.3) is 0 Å². The van der Waals surface area contributed by atoms with Gasteiger partial charge in [-0.3, -0.25) is 5.73 Å². The zero-order valence-electron chi connectivity index (χ0n) is 12.6. The largest absolute Gasteiger partial charge is 0.399 e. The van der Waals surface area contributed by atoms with Crippen LogP contribution in [-0.4, -0.2) is 49.2 Å². The first-order valence-corrected chi connectivity index (χ1v) is 8.46. The summed E-state index contributed by atoms with van der Waals surface area (Å²) in [6.07, 6.45) is 2.93. The summed E-state index contributed by atoms with van der Waals surface area (Å²) >= 11 is 1.78. The second kappa shape index (κ2) is 9.07. The van der Waals surface area contributed by atoms with Crippen LogP contribution < -0.4 is 5.73 Å². The third-order valence-electron chi connectivity index (χ3n) is 3.64. The number of hydrogen-bond acceptors (Lipinski definition) is 4. The average Bonchev–Trinajstić information content (AvgIpc) is 2.53. The molecule has 1 heterocycles. The van der Waals surface area contributed by atoms with E-state index >= 15 is 0 Å². The van der Waals surface area contributed by atoms with Crippen molar-refractivity contribution in [1.29, 1.82) is 0 Å². The Kier molecular flexibility index (Phi) is 7.06. The zero-order valence-corrected chi connectivity index (χ0v) is 13.4. The molecule has 1 N–H and O–H groups in total. The highest BCUT2D eigenvalue weighted by atomic mass is 32.2. The van der Waals surface area contributed by atoms with Crippen LogP contribution in [0.4, 0.5) is 0 Å². The van der Waals surface area contributed by atoms with Gasteiger partial charge in [0.2, 0.25) is 0 Å². The van der Waals surface area contributed by atoms with Crippen molar-refractivity contribution >= 4 is 17.5 Å². The molecule has 0 aromatic heterocycles. The van der Waals surface area contributed by atoms with E-state index in [0.717, 1.165) is 50.4 Å². The number of oxime groups is 1. The summed E-state index contributed by atoms with van der Waals surface area (Å²) in [4.78, 5) is 8.52. The summed E-state index contributed by atoms with van der Waals surface area (Å²) in [5, 5.41) is 4.03. The summed E-state index contributed by atoms with van der Waals surface area (Å²) < 4.78 is 0. The van der Waals surface area contributed by atoms with E-state index in [2.05, 4.69) is 22.2 Å². The molecular weight excluding hydrogens is 282 g/mol. The van der Waals surface area contributed by atoms with Crippen LogP contribution in [-0.2, 0) is 4.84 Å². The molecule has 0 bridgehead atoms. The van der Waals surface area contributed by atoms with Crippen molar-refractivity contribution in [3.8, 4) is 0 Å². The fraction of sp³-hybridized carbons (Fsp3) is 0.562. The number of nitrogens with zero attached hydrogens (tertiary/aromatic N) is 2. The van der Waals surface area contributed by atoms with Crippen LogP contribution in [0.3, 0.4) is 0 Å². The molecule has 0 unspecified atom stereocenters. The van der Waals surface area contributed by atoms with Crippen molar-refractivity contribution in [3.05, 3.63) is 30.3 Å². The lowest BCUT2D eigenvalue weighted by Gasteiger charge is -2.27. The Morgan fingerprint density at radius 3 is 2.67 bits per heavy atom. The minimum absolute atomic E-state index is 0.00393. The summed E-state index contributed by atoms with van der Waals surface area (Å²) in [6.45, 7) is 3.10. The Labute approximate surface area is 131 Å². The van der Waals surface area contributed by atoms with Crippen LogP contribution in [0.5, 0.6) is 0 Å². The van der Waals surface area contributed by atoms with Gasteiger partial charge in [0.25, 0.3) is 0 Å². The Morgan fingerprint density at radius 2 is 2.00 bits per heavy atom. The van der Waals surface area contributed by atoms with Gasteiger partial charge in [0, 0.05) is 42.6 Å². The molecule has 1 saturated heterocycles. The minimum atomic E-state index is 0.00393. The van der Waals surface area contributed by atoms with Gasteiger partial charge in [-0.25, -0.2) is 0 Å². The minimum Gasteiger partial charge on any atom is -0.399 e. The van der Waals surface area contributed by atoms with Gasteiger partial charge in [0.05, 0.1) is 5.71 Å². The Morgan fingerprint density at radius 1 is 1.29 bits per heavy atom. The average molecular weight is 306 g/mol. The molecule has 1 radical (unpaired) electrons. The van der Waals surface area contributed by atoms with E-state index in [9.17, 15) is 0 Å². The second-order valence-corrected chi connectivity index (χ2v) is 6.38. The van der Waals surface area contributed by atoms with Crippen molar-refractivity contribution in [3.63, 3.8) is 0 Å². The van der Waals surface area contributed by atoms with E-state index in [1.807, 2.05) is 18.2 Å². The molecular formula is C16H24N3OS. The van der Waals surface area contributed by atoms with Crippen LogP contribution >= 0.6 is 11.8 Å². The fourth-order valence-corrected chi connectivity index (χ4v) is 3.30. The van der Waals surface area contributed by atoms with E-state index in [1.165, 1.54) is 4.90 Å². The molecule has 0 spiro atoms. The van der Waals surface area contributed by atoms with Gasteiger partial charge >= 0.3 is 0 Å². The topological polar surface area (TPSA) is 48.6 Å².